The van der Waals surface area contributed by atoms with Crippen LogP contribution in [-0.4, -0.2) is 35.3 Å². The highest BCUT2D eigenvalue weighted by molar-refractivity contribution is 6.42. The Morgan fingerprint density at radius 1 is 1.44 bits per heavy atom. The fraction of sp³-hybridized carbons (Fsp3) is 0.417. The molecule has 18 heavy (non-hydrogen) atoms. The summed E-state index contributed by atoms with van der Waals surface area (Å²) in [5, 5.41) is 10.1. The first-order chi connectivity index (χ1) is 8.52. The maximum absolute atomic E-state index is 11.1. The second-order valence-corrected chi connectivity index (χ2v) is 5.52. The zero-order valence-corrected chi connectivity index (χ0v) is 10.9. The molecule has 6 heteroatoms. The van der Waals surface area contributed by atoms with E-state index in [0.717, 1.165) is 5.56 Å². The number of hydrogen-bond acceptors (Lipinski definition) is 2. The van der Waals surface area contributed by atoms with Gasteiger partial charge in [0.05, 0.1) is 29.2 Å². The zero-order valence-electron chi connectivity index (χ0n) is 9.40. The predicted octanol–water partition coefficient (Wildman–Crippen LogP) is 2.97. The van der Waals surface area contributed by atoms with E-state index in [4.69, 9.17) is 33.0 Å². The van der Waals surface area contributed by atoms with Crippen LogP contribution in [-0.2, 0) is 10.3 Å². The van der Waals surface area contributed by atoms with Crippen LogP contribution >= 0.6 is 23.2 Å². The summed E-state index contributed by atoms with van der Waals surface area (Å²) in [5.41, 5.74) is 0.334. The number of ether oxygens (including phenoxy) is 1. The number of carbonyl (C=O) groups is 1. The standard InChI is InChI=1S/C12H11Cl2NO3/c13-9-2-1-7(3-10(9)14)12-4-8(5-18-12)15(6-12)11(16)17/h1-3,8H,4-6H2,(H,16,17). The van der Waals surface area contributed by atoms with Crippen LogP contribution < -0.4 is 0 Å². The van der Waals surface area contributed by atoms with Crippen molar-refractivity contribution in [1.82, 2.24) is 4.90 Å². The average molecular weight is 288 g/mol. The first-order valence-electron chi connectivity index (χ1n) is 5.61. The minimum absolute atomic E-state index is 0.0584. The van der Waals surface area contributed by atoms with Gasteiger partial charge in [-0.25, -0.2) is 4.79 Å². The molecule has 2 unspecified atom stereocenters. The van der Waals surface area contributed by atoms with Crippen LogP contribution in [0.4, 0.5) is 4.79 Å². The summed E-state index contributed by atoms with van der Waals surface area (Å²) < 4.78 is 5.79. The molecule has 4 nitrogen and oxygen atoms in total. The van der Waals surface area contributed by atoms with Gasteiger partial charge in [-0.1, -0.05) is 29.3 Å². The molecular weight excluding hydrogens is 277 g/mol. The SMILES string of the molecule is O=C(O)N1CC2(c3ccc(Cl)c(Cl)c3)CC1CO2. The summed E-state index contributed by atoms with van der Waals surface area (Å²) in [6.07, 6.45) is -0.220. The Labute approximate surface area is 114 Å². The molecule has 0 aromatic heterocycles. The van der Waals surface area contributed by atoms with Gasteiger partial charge in [-0.3, -0.25) is 4.90 Å². The van der Waals surface area contributed by atoms with Crippen molar-refractivity contribution in [3.63, 3.8) is 0 Å². The van der Waals surface area contributed by atoms with Crippen molar-refractivity contribution in [3.8, 4) is 0 Å². The topological polar surface area (TPSA) is 49.8 Å². The highest BCUT2D eigenvalue weighted by Crippen LogP contribution is 2.45. The zero-order chi connectivity index (χ0) is 12.9. The molecule has 0 aliphatic carbocycles. The van der Waals surface area contributed by atoms with Crippen LogP contribution in [0.25, 0.3) is 0 Å². The van der Waals surface area contributed by atoms with E-state index < -0.39 is 11.7 Å². The molecule has 2 saturated heterocycles. The lowest BCUT2D eigenvalue weighted by atomic mass is 9.93. The van der Waals surface area contributed by atoms with Crippen LogP contribution in [0.1, 0.15) is 12.0 Å². The Balaban J connectivity index is 1.97. The number of halogens is 2. The largest absolute Gasteiger partial charge is 0.465 e. The maximum Gasteiger partial charge on any atom is 0.407 e. The molecule has 1 N–H and O–H groups in total. The number of amides is 1. The number of rotatable bonds is 1. The number of carboxylic acid groups (broad SMARTS) is 1. The summed E-state index contributed by atoms with van der Waals surface area (Å²) in [6, 6.07) is 5.27. The molecule has 2 aliphatic heterocycles. The highest BCUT2D eigenvalue weighted by Gasteiger charge is 2.53. The molecule has 0 saturated carbocycles. The predicted molar refractivity (Wildman–Crippen MR) is 67.2 cm³/mol. The second kappa shape index (κ2) is 4.02. The quantitative estimate of drug-likeness (QED) is 0.864. The Kier molecular flexibility index (Phi) is 2.70. The van der Waals surface area contributed by atoms with Crippen LogP contribution in [0.15, 0.2) is 18.2 Å². The molecule has 1 aromatic rings. The first-order valence-corrected chi connectivity index (χ1v) is 6.36. The van der Waals surface area contributed by atoms with Crippen molar-refractivity contribution < 1.29 is 14.6 Å². The summed E-state index contributed by atoms with van der Waals surface area (Å²) >= 11 is 11.9. The number of benzene rings is 1. The maximum atomic E-state index is 11.1. The van der Waals surface area contributed by atoms with Crippen LogP contribution in [0, 0.1) is 0 Å². The van der Waals surface area contributed by atoms with Crippen molar-refractivity contribution >= 4 is 29.3 Å². The van der Waals surface area contributed by atoms with E-state index in [-0.39, 0.29) is 6.04 Å². The van der Waals surface area contributed by atoms with Gasteiger partial charge in [-0.15, -0.1) is 0 Å². The molecule has 2 heterocycles. The number of hydrogen-bond donors (Lipinski definition) is 1. The number of likely N-dealkylation sites (tertiary alicyclic amines) is 1. The van der Waals surface area contributed by atoms with E-state index in [0.29, 0.717) is 29.6 Å². The molecule has 1 amide bonds. The lowest BCUT2D eigenvalue weighted by Gasteiger charge is -2.31. The molecule has 0 radical (unpaired) electrons. The van der Waals surface area contributed by atoms with Gasteiger partial charge >= 0.3 is 6.09 Å². The fourth-order valence-corrected chi connectivity index (χ4v) is 3.06. The van der Waals surface area contributed by atoms with Gasteiger partial charge in [0.25, 0.3) is 0 Å². The first kappa shape index (κ1) is 12.1. The smallest absolute Gasteiger partial charge is 0.407 e. The molecule has 2 atom stereocenters. The fourth-order valence-electron chi connectivity index (χ4n) is 2.76. The van der Waals surface area contributed by atoms with E-state index in [1.807, 2.05) is 6.07 Å². The third-order valence-electron chi connectivity index (χ3n) is 3.68. The Morgan fingerprint density at radius 3 is 2.83 bits per heavy atom. The normalized spacial score (nSPS) is 29.9. The Morgan fingerprint density at radius 2 is 2.22 bits per heavy atom. The van der Waals surface area contributed by atoms with Crippen molar-refractivity contribution in [3.05, 3.63) is 33.8 Å². The lowest BCUT2D eigenvalue weighted by molar-refractivity contribution is -0.0430. The van der Waals surface area contributed by atoms with Crippen LogP contribution in [0.3, 0.4) is 0 Å². The molecule has 3 rings (SSSR count). The van der Waals surface area contributed by atoms with Crippen LogP contribution in [0.2, 0.25) is 10.0 Å². The summed E-state index contributed by atoms with van der Waals surface area (Å²) in [6.45, 7) is 0.789. The molecule has 2 aliphatic rings. The minimum atomic E-state index is -0.898. The monoisotopic (exact) mass is 287 g/mol. The minimum Gasteiger partial charge on any atom is -0.465 e. The van der Waals surface area contributed by atoms with Crippen molar-refractivity contribution in [2.75, 3.05) is 13.2 Å². The van der Waals surface area contributed by atoms with Gasteiger partial charge in [0.1, 0.15) is 5.60 Å². The van der Waals surface area contributed by atoms with Gasteiger partial charge in [-0.2, -0.15) is 0 Å². The third kappa shape index (κ3) is 1.67. The van der Waals surface area contributed by atoms with E-state index in [2.05, 4.69) is 0 Å². The lowest BCUT2D eigenvalue weighted by Crippen LogP contribution is -2.43. The van der Waals surface area contributed by atoms with Crippen molar-refractivity contribution in [1.29, 1.82) is 0 Å². The van der Waals surface area contributed by atoms with Gasteiger partial charge < -0.3 is 9.84 Å². The Hall–Kier alpha value is -0.970. The van der Waals surface area contributed by atoms with Crippen molar-refractivity contribution in [2.45, 2.75) is 18.1 Å². The molecule has 0 spiro atoms. The molecule has 1 aromatic carbocycles. The summed E-state index contributed by atoms with van der Waals surface area (Å²) in [4.78, 5) is 12.5. The second-order valence-electron chi connectivity index (χ2n) is 4.70. The third-order valence-corrected chi connectivity index (χ3v) is 4.41. The van der Waals surface area contributed by atoms with Gasteiger partial charge in [0.2, 0.25) is 0 Å². The average Bonchev–Trinajstić information content (AvgIpc) is 2.91. The van der Waals surface area contributed by atoms with Gasteiger partial charge in [0.15, 0.2) is 0 Å². The molecule has 96 valence electrons. The van der Waals surface area contributed by atoms with Gasteiger partial charge in [0, 0.05) is 6.42 Å². The molecular formula is C12H11Cl2NO3. The number of fused-ring (bicyclic) bond motifs is 2. The summed E-state index contributed by atoms with van der Waals surface area (Å²) in [7, 11) is 0. The summed E-state index contributed by atoms with van der Waals surface area (Å²) in [5.74, 6) is 0. The Bertz CT molecular complexity index is 522. The van der Waals surface area contributed by atoms with E-state index in [1.165, 1.54) is 4.90 Å². The van der Waals surface area contributed by atoms with E-state index in [9.17, 15) is 4.79 Å². The highest BCUT2D eigenvalue weighted by atomic mass is 35.5. The number of morpholine rings is 1. The van der Waals surface area contributed by atoms with Crippen molar-refractivity contribution in [2.24, 2.45) is 0 Å². The molecule has 2 bridgehead atoms. The number of nitrogens with zero attached hydrogens (tertiary/aromatic N) is 1. The van der Waals surface area contributed by atoms with E-state index >= 15 is 0 Å². The van der Waals surface area contributed by atoms with E-state index in [1.54, 1.807) is 12.1 Å². The van der Waals surface area contributed by atoms with Gasteiger partial charge in [-0.05, 0) is 17.7 Å². The van der Waals surface area contributed by atoms with Crippen LogP contribution in [0.5, 0.6) is 0 Å². The molecule has 2 fully saturated rings.